The minimum atomic E-state index is -0.870. The van der Waals surface area contributed by atoms with Crippen LogP contribution in [0.5, 0.6) is 0 Å². The number of epoxide rings is 4. The third-order valence-corrected chi connectivity index (χ3v) is 16.5. The highest BCUT2D eigenvalue weighted by Gasteiger charge is 2.73. The van der Waals surface area contributed by atoms with Crippen LogP contribution in [-0.2, 0) is 47.5 Å². The Labute approximate surface area is 436 Å². The third kappa shape index (κ3) is 14.6. The average Bonchev–Trinajstić information content (AvgIpc) is 4.19. The van der Waals surface area contributed by atoms with Gasteiger partial charge in [-0.05, 0) is 138 Å². The van der Waals surface area contributed by atoms with Gasteiger partial charge in [-0.2, -0.15) is 0 Å². The number of nitrogens with zero attached hydrogens (tertiary/aromatic N) is 2. The van der Waals surface area contributed by atoms with Crippen LogP contribution in [0.1, 0.15) is 121 Å². The van der Waals surface area contributed by atoms with Crippen molar-refractivity contribution in [1.82, 2.24) is 31.1 Å². The van der Waals surface area contributed by atoms with E-state index >= 15 is 0 Å². The van der Waals surface area contributed by atoms with Crippen molar-refractivity contribution in [2.75, 3.05) is 81.8 Å². The number of rotatable bonds is 26. The van der Waals surface area contributed by atoms with Gasteiger partial charge in [0.2, 0.25) is 11.8 Å². The fraction of sp³-hybridized carbons (Fsp3) is 0.855. The fourth-order valence-electron chi connectivity index (χ4n) is 12.5. The van der Waals surface area contributed by atoms with E-state index in [4.69, 9.17) is 37.9 Å². The molecular weight excluding hydrogens is 937 g/mol. The van der Waals surface area contributed by atoms with Crippen molar-refractivity contribution in [2.24, 2.45) is 29.1 Å². The number of carbonyl (C=O) groups excluding carboxylic acids is 4. The molecule has 0 bridgehead atoms. The molecule has 15 atom stereocenters. The number of methoxy groups -OCH3 is 2. The molecule has 18 heteroatoms. The van der Waals surface area contributed by atoms with Gasteiger partial charge in [-0.1, -0.05) is 57.9 Å². The van der Waals surface area contributed by atoms with Gasteiger partial charge >= 0.3 is 12.2 Å². The van der Waals surface area contributed by atoms with Crippen LogP contribution in [0.2, 0.25) is 0 Å². The van der Waals surface area contributed by atoms with Crippen molar-refractivity contribution in [1.29, 1.82) is 0 Å². The molecule has 6 fully saturated rings. The molecule has 416 valence electrons. The van der Waals surface area contributed by atoms with Crippen LogP contribution in [0.25, 0.3) is 0 Å². The summed E-state index contributed by atoms with van der Waals surface area (Å²) >= 11 is 0. The Balaban J connectivity index is 1.07. The van der Waals surface area contributed by atoms with Crippen LogP contribution in [0.3, 0.4) is 0 Å². The molecular formula is C55H94N6O12. The lowest BCUT2D eigenvalue weighted by molar-refractivity contribution is -0.126. The second-order valence-electron chi connectivity index (χ2n) is 24.6. The van der Waals surface area contributed by atoms with Crippen molar-refractivity contribution in [2.45, 2.75) is 192 Å². The topological polar surface area (TPSA) is 210 Å². The Bertz CT molecular complexity index is 1980. The number of alkyl carbamates (subject to hydrolysis) is 2. The zero-order valence-electron chi connectivity index (χ0n) is 47.3. The van der Waals surface area contributed by atoms with Crippen molar-refractivity contribution < 1.29 is 57.1 Å². The number of amides is 4. The summed E-state index contributed by atoms with van der Waals surface area (Å²) in [5.41, 5.74) is 0.187. The SMILES string of the molecule is CO[C@@H]1[C@H](OC(=O)N[C@@H](C(=O)NCC(C)(C)CN(C)C)C(C)C)CC[C@]2(CO2)[C@H]1[C@@]1(C)O[C@@H]1C/C=C(/C)CC(C)[C@@H](NC(=O)O[C@@H]1CC[C@]2(CO2)[C@@H]([C@@]2(C)O[C@@H]2CC=C(C)C)[C@@H]1OC)C(=O)NCCCN(C)C. The van der Waals surface area contributed by atoms with E-state index in [9.17, 15) is 19.2 Å². The molecule has 0 aromatic carbocycles. The Hall–Kier alpha value is -3.36. The van der Waals surface area contributed by atoms with E-state index in [1.54, 1.807) is 14.2 Å². The number of carbonyl (C=O) groups is 4. The first-order valence-corrected chi connectivity index (χ1v) is 27.0. The predicted octanol–water partition coefficient (Wildman–Crippen LogP) is 5.76. The minimum absolute atomic E-state index is 0.0178. The highest BCUT2D eigenvalue weighted by molar-refractivity contribution is 5.86. The lowest BCUT2D eigenvalue weighted by Gasteiger charge is -2.42. The Kier molecular flexibility index (Phi) is 19.3. The molecule has 1 unspecified atom stereocenters. The van der Waals surface area contributed by atoms with Crippen LogP contribution < -0.4 is 21.3 Å². The quantitative estimate of drug-likeness (QED) is 0.0462. The van der Waals surface area contributed by atoms with E-state index in [0.717, 1.165) is 31.5 Å². The van der Waals surface area contributed by atoms with Crippen LogP contribution in [-0.4, -0.2) is 187 Å². The predicted molar refractivity (Wildman–Crippen MR) is 278 cm³/mol. The third-order valence-electron chi connectivity index (χ3n) is 16.5. The number of hydrogen-bond acceptors (Lipinski definition) is 14. The van der Waals surface area contributed by atoms with Crippen molar-refractivity contribution in [3.05, 3.63) is 23.3 Å². The molecule has 6 rings (SSSR count). The molecule has 0 aromatic rings. The molecule has 2 spiro atoms. The van der Waals surface area contributed by atoms with Crippen LogP contribution in [0.4, 0.5) is 9.59 Å². The number of nitrogens with one attached hydrogen (secondary N) is 4. The number of ether oxygens (including phenoxy) is 8. The van der Waals surface area contributed by atoms with E-state index in [1.807, 2.05) is 55.9 Å². The maximum atomic E-state index is 14.0. The normalized spacial score (nSPS) is 34.8. The summed E-state index contributed by atoms with van der Waals surface area (Å²) in [5, 5.41) is 11.9. The smallest absolute Gasteiger partial charge is 0.408 e. The largest absolute Gasteiger partial charge is 0.443 e. The standard InChI is InChI=1S/C55H94N6O12/c1-33(2)18-20-39-52(9,72-39)45-44(67-16)38(23-25-54(45)31-68-54)71-50(65)59-42(48(63)56-26-17-27-60(11)12)36(6)28-35(5)19-21-40-53(10,73-40)46-43(66-15)37(22-24-55(46)32-69-55)70-49(64)58-41(34(3)4)47(62)57-29-51(7,8)30-61(13)14/h18-19,34,36-46H,17,20-32H2,1-16H3,(H,56,63)(H,57,62)(H,58,64)(H,59,65)/b35-19-/t36?,37-,38-,39-,40-,41-,42-,43-,44-,45-,46-,52+,53+,54+,55+/m1/s1. The molecule has 4 heterocycles. The van der Waals surface area contributed by atoms with Crippen LogP contribution in [0.15, 0.2) is 23.3 Å². The molecule has 4 saturated heterocycles. The van der Waals surface area contributed by atoms with Gasteiger partial charge in [0.05, 0.1) is 37.3 Å². The first-order chi connectivity index (χ1) is 34.2. The average molecular weight is 1030 g/mol. The molecule has 4 aliphatic heterocycles. The Morgan fingerprint density at radius 2 is 1.21 bits per heavy atom. The Morgan fingerprint density at radius 3 is 1.64 bits per heavy atom. The van der Waals surface area contributed by atoms with Crippen LogP contribution in [0, 0.1) is 29.1 Å². The van der Waals surface area contributed by atoms with E-state index in [0.29, 0.717) is 64.8 Å². The van der Waals surface area contributed by atoms with Gasteiger partial charge < -0.3 is 69.0 Å². The monoisotopic (exact) mass is 1030 g/mol. The summed E-state index contributed by atoms with van der Waals surface area (Å²) in [6.45, 7) is 24.0. The summed E-state index contributed by atoms with van der Waals surface area (Å²) < 4.78 is 49.9. The molecule has 4 amide bonds. The molecule has 0 radical (unpaired) electrons. The van der Waals surface area contributed by atoms with Gasteiger partial charge in [-0.25, -0.2) is 9.59 Å². The summed E-state index contributed by atoms with van der Waals surface area (Å²) in [5.74, 6) is -1.35. The molecule has 4 N–H and O–H groups in total. The zero-order chi connectivity index (χ0) is 53.8. The van der Waals surface area contributed by atoms with E-state index in [2.05, 4.69) is 84.8 Å². The van der Waals surface area contributed by atoms with Crippen LogP contribution >= 0.6 is 0 Å². The van der Waals surface area contributed by atoms with Gasteiger partial charge in [-0.15, -0.1) is 0 Å². The van der Waals surface area contributed by atoms with Gasteiger partial charge in [0.1, 0.15) is 58.9 Å². The summed E-state index contributed by atoms with van der Waals surface area (Å²) in [6.07, 6.45) is 5.91. The summed E-state index contributed by atoms with van der Waals surface area (Å²) in [6, 6.07) is -1.65. The Morgan fingerprint density at radius 1 is 0.726 bits per heavy atom. The van der Waals surface area contributed by atoms with E-state index < -0.39 is 65.5 Å². The van der Waals surface area contributed by atoms with Crippen molar-refractivity contribution in [3.8, 4) is 0 Å². The first-order valence-electron chi connectivity index (χ1n) is 27.0. The molecule has 18 nitrogen and oxygen atoms in total. The second kappa shape index (κ2) is 23.9. The summed E-state index contributed by atoms with van der Waals surface area (Å²) in [4.78, 5) is 59.0. The second-order valence-corrected chi connectivity index (χ2v) is 24.6. The molecule has 6 aliphatic rings. The highest BCUT2D eigenvalue weighted by Crippen LogP contribution is 2.61. The lowest BCUT2D eigenvalue weighted by Crippen LogP contribution is -2.57. The van der Waals surface area contributed by atoms with E-state index in [1.165, 1.54) is 5.57 Å². The van der Waals surface area contributed by atoms with Crippen molar-refractivity contribution in [3.63, 3.8) is 0 Å². The molecule has 2 saturated carbocycles. The van der Waals surface area contributed by atoms with Gasteiger partial charge in [-0.3, -0.25) is 9.59 Å². The maximum absolute atomic E-state index is 14.0. The van der Waals surface area contributed by atoms with E-state index in [-0.39, 0.29) is 58.7 Å². The first kappa shape index (κ1) is 58.9. The molecule has 2 aliphatic carbocycles. The van der Waals surface area contributed by atoms with Gasteiger partial charge in [0, 0.05) is 33.9 Å². The van der Waals surface area contributed by atoms with Crippen molar-refractivity contribution >= 4 is 24.0 Å². The summed E-state index contributed by atoms with van der Waals surface area (Å²) in [7, 11) is 11.3. The van der Waals surface area contributed by atoms with Gasteiger partial charge in [0.25, 0.3) is 0 Å². The lowest BCUT2D eigenvalue weighted by atomic mass is 9.68. The zero-order valence-corrected chi connectivity index (χ0v) is 47.3. The number of allylic oxidation sites excluding steroid dienone is 2. The number of hydrogen-bond donors (Lipinski definition) is 4. The molecule has 0 aromatic heterocycles. The fourth-order valence-corrected chi connectivity index (χ4v) is 12.5. The maximum Gasteiger partial charge on any atom is 0.408 e. The highest BCUT2D eigenvalue weighted by atomic mass is 16.6. The minimum Gasteiger partial charge on any atom is -0.443 e. The van der Waals surface area contributed by atoms with Gasteiger partial charge in [0.15, 0.2) is 0 Å². The molecule has 73 heavy (non-hydrogen) atoms.